The second kappa shape index (κ2) is 5.34. The van der Waals surface area contributed by atoms with Crippen LogP contribution >= 0.6 is 0 Å². The van der Waals surface area contributed by atoms with Crippen molar-refractivity contribution in [3.05, 3.63) is 54.1 Å². The fourth-order valence-electron chi connectivity index (χ4n) is 2.97. The molecule has 1 fully saturated rings. The maximum atomic E-state index is 5.85. The number of nitrogens with zero attached hydrogens (tertiary/aromatic N) is 2. The smallest absolute Gasteiger partial charge is 0.227 e. The van der Waals surface area contributed by atoms with Crippen LogP contribution in [0.4, 0.5) is 0 Å². The predicted molar refractivity (Wildman–Crippen MR) is 84.0 cm³/mol. The van der Waals surface area contributed by atoms with Gasteiger partial charge in [0, 0.05) is 12.1 Å². The van der Waals surface area contributed by atoms with Crippen molar-refractivity contribution < 1.29 is 4.42 Å². The number of benzene rings is 2. The Morgan fingerprint density at radius 2 is 1.81 bits per heavy atom. The molecule has 106 valence electrons. The Bertz CT molecular complexity index is 742. The van der Waals surface area contributed by atoms with Crippen LogP contribution in [0.5, 0.6) is 0 Å². The van der Waals surface area contributed by atoms with E-state index in [0.717, 1.165) is 23.2 Å². The summed E-state index contributed by atoms with van der Waals surface area (Å²) in [6.45, 7) is 3.45. The third-order valence-electron chi connectivity index (χ3n) is 4.08. The van der Waals surface area contributed by atoms with Gasteiger partial charge in [0.2, 0.25) is 5.89 Å². The number of hydrogen-bond acceptors (Lipinski definition) is 3. The first kappa shape index (κ1) is 12.6. The number of oxazole rings is 1. The van der Waals surface area contributed by atoms with Crippen LogP contribution in [0, 0.1) is 0 Å². The first-order chi connectivity index (χ1) is 10.4. The van der Waals surface area contributed by atoms with Crippen LogP contribution in [0.15, 0.2) is 52.9 Å². The highest BCUT2D eigenvalue weighted by Gasteiger charge is 2.13. The summed E-state index contributed by atoms with van der Waals surface area (Å²) < 4.78 is 5.85. The Morgan fingerprint density at radius 3 is 2.62 bits per heavy atom. The molecular weight excluding hydrogens is 260 g/mol. The van der Waals surface area contributed by atoms with Crippen molar-refractivity contribution in [2.24, 2.45) is 0 Å². The standard InChI is InChI=1S/C18H18N2O/c1-2-6-15(7-3-1)18-19-16-12-14(8-9-17(16)21-18)13-20-10-4-5-11-20/h1-3,6-9,12H,4-5,10-11,13H2. The monoisotopic (exact) mass is 278 g/mol. The zero-order valence-electron chi connectivity index (χ0n) is 12.0. The van der Waals surface area contributed by atoms with Crippen LogP contribution in [-0.2, 0) is 6.54 Å². The van der Waals surface area contributed by atoms with Crippen molar-refractivity contribution >= 4 is 11.1 Å². The largest absolute Gasteiger partial charge is 0.436 e. The van der Waals surface area contributed by atoms with Crippen molar-refractivity contribution in [3.8, 4) is 11.5 Å². The van der Waals surface area contributed by atoms with Gasteiger partial charge in [-0.1, -0.05) is 24.3 Å². The summed E-state index contributed by atoms with van der Waals surface area (Å²) in [4.78, 5) is 7.13. The van der Waals surface area contributed by atoms with Gasteiger partial charge >= 0.3 is 0 Å². The summed E-state index contributed by atoms with van der Waals surface area (Å²) in [5.74, 6) is 0.698. The molecule has 21 heavy (non-hydrogen) atoms. The van der Waals surface area contributed by atoms with E-state index < -0.39 is 0 Å². The van der Waals surface area contributed by atoms with E-state index in [1.165, 1.54) is 31.5 Å². The molecule has 0 N–H and O–H groups in total. The Kier molecular flexibility index (Phi) is 3.20. The quantitative estimate of drug-likeness (QED) is 0.722. The van der Waals surface area contributed by atoms with Crippen molar-refractivity contribution in [1.29, 1.82) is 0 Å². The minimum Gasteiger partial charge on any atom is -0.436 e. The van der Waals surface area contributed by atoms with Gasteiger partial charge in [-0.15, -0.1) is 0 Å². The minimum absolute atomic E-state index is 0.698. The van der Waals surface area contributed by atoms with Gasteiger partial charge in [-0.25, -0.2) is 4.98 Å². The van der Waals surface area contributed by atoms with Crippen LogP contribution in [0.25, 0.3) is 22.6 Å². The molecule has 1 aromatic heterocycles. The molecule has 4 rings (SSSR count). The first-order valence-corrected chi connectivity index (χ1v) is 7.56. The van der Waals surface area contributed by atoms with Crippen LogP contribution in [0.2, 0.25) is 0 Å². The summed E-state index contributed by atoms with van der Waals surface area (Å²) in [5.41, 5.74) is 4.15. The molecule has 0 unspecified atom stereocenters. The second-order valence-corrected chi connectivity index (χ2v) is 5.67. The van der Waals surface area contributed by atoms with Crippen LogP contribution in [-0.4, -0.2) is 23.0 Å². The van der Waals surface area contributed by atoms with Crippen LogP contribution in [0.3, 0.4) is 0 Å². The zero-order valence-corrected chi connectivity index (χ0v) is 12.0. The molecule has 0 amide bonds. The number of aromatic nitrogens is 1. The van der Waals surface area contributed by atoms with Crippen molar-refractivity contribution in [1.82, 2.24) is 9.88 Å². The molecule has 0 radical (unpaired) electrons. The summed E-state index contributed by atoms with van der Waals surface area (Å²) in [5, 5.41) is 0. The molecule has 0 saturated carbocycles. The fraction of sp³-hybridized carbons (Fsp3) is 0.278. The molecule has 2 aromatic carbocycles. The van der Waals surface area contributed by atoms with Gasteiger partial charge in [-0.05, 0) is 55.8 Å². The lowest BCUT2D eigenvalue weighted by molar-refractivity contribution is 0.331. The molecule has 1 saturated heterocycles. The van der Waals surface area contributed by atoms with E-state index in [0.29, 0.717) is 5.89 Å². The highest BCUT2D eigenvalue weighted by Crippen LogP contribution is 2.25. The molecule has 3 aromatic rings. The van der Waals surface area contributed by atoms with E-state index in [1.807, 2.05) is 36.4 Å². The van der Waals surface area contributed by atoms with E-state index in [2.05, 4.69) is 22.0 Å². The predicted octanol–water partition coefficient (Wildman–Crippen LogP) is 4.09. The SMILES string of the molecule is c1ccc(-c2nc3cc(CN4CCCC4)ccc3o2)cc1. The Morgan fingerprint density at radius 1 is 1.00 bits per heavy atom. The van der Waals surface area contributed by atoms with Crippen molar-refractivity contribution in [2.75, 3.05) is 13.1 Å². The summed E-state index contributed by atoms with van der Waals surface area (Å²) in [7, 11) is 0. The number of hydrogen-bond donors (Lipinski definition) is 0. The highest BCUT2D eigenvalue weighted by molar-refractivity contribution is 5.76. The summed E-state index contributed by atoms with van der Waals surface area (Å²) >= 11 is 0. The van der Waals surface area contributed by atoms with Gasteiger partial charge in [0.05, 0.1) is 0 Å². The Hall–Kier alpha value is -2.13. The number of fused-ring (bicyclic) bond motifs is 1. The lowest BCUT2D eigenvalue weighted by Crippen LogP contribution is -2.18. The third kappa shape index (κ3) is 2.57. The van der Waals surface area contributed by atoms with Crippen molar-refractivity contribution in [2.45, 2.75) is 19.4 Å². The van der Waals surface area contributed by atoms with Gasteiger partial charge < -0.3 is 4.42 Å². The van der Waals surface area contributed by atoms with Gasteiger partial charge in [0.25, 0.3) is 0 Å². The highest BCUT2D eigenvalue weighted by atomic mass is 16.3. The van der Waals surface area contributed by atoms with Crippen LogP contribution in [0.1, 0.15) is 18.4 Å². The van der Waals surface area contributed by atoms with Gasteiger partial charge in [0.1, 0.15) is 5.52 Å². The molecule has 2 heterocycles. The maximum absolute atomic E-state index is 5.85. The number of likely N-dealkylation sites (tertiary alicyclic amines) is 1. The summed E-state index contributed by atoms with van der Waals surface area (Å²) in [6, 6.07) is 16.4. The summed E-state index contributed by atoms with van der Waals surface area (Å²) in [6.07, 6.45) is 2.65. The minimum atomic E-state index is 0.698. The van der Waals surface area contributed by atoms with Gasteiger partial charge in [-0.3, -0.25) is 4.90 Å². The lowest BCUT2D eigenvalue weighted by atomic mass is 10.2. The fourth-order valence-corrected chi connectivity index (χ4v) is 2.97. The molecule has 1 aliphatic heterocycles. The molecule has 0 spiro atoms. The topological polar surface area (TPSA) is 29.3 Å². The van der Waals surface area contributed by atoms with E-state index in [9.17, 15) is 0 Å². The van der Waals surface area contributed by atoms with Crippen LogP contribution < -0.4 is 0 Å². The molecule has 1 aliphatic rings. The van der Waals surface area contributed by atoms with E-state index in [-0.39, 0.29) is 0 Å². The van der Waals surface area contributed by atoms with Gasteiger partial charge in [-0.2, -0.15) is 0 Å². The van der Waals surface area contributed by atoms with Gasteiger partial charge in [0.15, 0.2) is 5.58 Å². The second-order valence-electron chi connectivity index (χ2n) is 5.67. The van der Waals surface area contributed by atoms with E-state index >= 15 is 0 Å². The molecule has 0 aliphatic carbocycles. The van der Waals surface area contributed by atoms with Crippen molar-refractivity contribution in [3.63, 3.8) is 0 Å². The Labute approximate surface area is 124 Å². The number of rotatable bonds is 3. The average molecular weight is 278 g/mol. The molecule has 3 nitrogen and oxygen atoms in total. The molecule has 3 heteroatoms. The van der Waals surface area contributed by atoms with E-state index in [4.69, 9.17) is 4.42 Å². The first-order valence-electron chi connectivity index (χ1n) is 7.56. The average Bonchev–Trinajstić information content (AvgIpc) is 3.17. The van der Waals surface area contributed by atoms with E-state index in [1.54, 1.807) is 0 Å². The molecule has 0 bridgehead atoms. The lowest BCUT2D eigenvalue weighted by Gasteiger charge is -2.13. The normalized spacial score (nSPS) is 15.8. The Balaban J connectivity index is 1.65. The molecular formula is C18H18N2O. The molecule has 0 atom stereocenters. The third-order valence-corrected chi connectivity index (χ3v) is 4.08. The maximum Gasteiger partial charge on any atom is 0.227 e. The zero-order chi connectivity index (χ0) is 14.1.